The van der Waals surface area contributed by atoms with Crippen LogP contribution in [0, 0.1) is 0 Å². The van der Waals surface area contributed by atoms with Crippen LogP contribution in [0.15, 0.2) is 41.8 Å². The summed E-state index contributed by atoms with van der Waals surface area (Å²) in [5.74, 6) is 0.393. The van der Waals surface area contributed by atoms with Crippen molar-refractivity contribution in [2.45, 2.75) is 0 Å². The first kappa shape index (κ1) is 9.45. The van der Waals surface area contributed by atoms with Gasteiger partial charge < -0.3 is 5.11 Å². The van der Waals surface area contributed by atoms with E-state index in [4.69, 9.17) is 0 Å². The molecule has 1 nitrogen and oxygen atoms in total. The fraction of sp³-hybridized carbons (Fsp3) is 0. The van der Waals surface area contributed by atoms with Gasteiger partial charge >= 0.3 is 0 Å². The molecule has 0 unspecified atom stereocenters. The van der Waals surface area contributed by atoms with Gasteiger partial charge in [0.25, 0.3) is 0 Å². The fourth-order valence-electron chi connectivity index (χ4n) is 2.23. The van der Waals surface area contributed by atoms with Crippen LogP contribution >= 0.6 is 22.7 Å². The second-order valence-electron chi connectivity index (χ2n) is 4.06. The number of hydrogen-bond donors (Lipinski definition) is 1. The molecule has 0 saturated heterocycles. The van der Waals surface area contributed by atoms with Gasteiger partial charge in [0.05, 0.1) is 0 Å². The van der Waals surface area contributed by atoms with E-state index in [9.17, 15) is 5.11 Å². The zero-order valence-electron chi connectivity index (χ0n) is 8.81. The van der Waals surface area contributed by atoms with Gasteiger partial charge in [-0.05, 0) is 18.2 Å². The third-order valence-corrected chi connectivity index (χ3v) is 5.12. The van der Waals surface area contributed by atoms with Gasteiger partial charge in [0.2, 0.25) is 0 Å². The molecule has 2 aromatic carbocycles. The third kappa shape index (κ3) is 1.24. The number of aromatic hydroxyl groups is 1. The molecule has 2 heterocycles. The van der Waals surface area contributed by atoms with Crippen LogP contribution in [0.25, 0.3) is 30.3 Å². The summed E-state index contributed by atoms with van der Waals surface area (Å²) >= 11 is 3.38. The molecule has 0 radical (unpaired) electrons. The number of rotatable bonds is 0. The molecule has 0 spiro atoms. The lowest BCUT2D eigenvalue weighted by Crippen LogP contribution is -1.66. The van der Waals surface area contributed by atoms with Crippen molar-refractivity contribution in [1.82, 2.24) is 0 Å². The monoisotopic (exact) mass is 256 g/mol. The zero-order valence-corrected chi connectivity index (χ0v) is 10.4. The average Bonchev–Trinajstić information content (AvgIpc) is 2.88. The predicted octanol–water partition coefficient (Wildman–Crippen LogP) is 4.97. The van der Waals surface area contributed by atoms with Crippen LogP contribution in [-0.2, 0) is 0 Å². The largest absolute Gasteiger partial charge is 0.506 e. The molecule has 0 saturated carbocycles. The van der Waals surface area contributed by atoms with E-state index in [0.717, 1.165) is 10.1 Å². The molecule has 4 aromatic rings. The summed E-state index contributed by atoms with van der Waals surface area (Å²) in [5.41, 5.74) is 0. The maximum Gasteiger partial charge on any atom is 0.134 e. The van der Waals surface area contributed by atoms with Crippen LogP contribution in [-0.4, -0.2) is 5.11 Å². The summed E-state index contributed by atoms with van der Waals surface area (Å²) in [7, 11) is 0. The zero-order chi connectivity index (χ0) is 11.4. The van der Waals surface area contributed by atoms with Crippen LogP contribution in [0.1, 0.15) is 0 Å². The Kier molecular flexibility index (Phi) is 1.79. The maximum atomic E-state index is 9.76. The molecule has 0 amide bonds. The van der Waals surface area contributed by atoms with Crippen molar-refractivity contribution in [3.8, 4) is 5.75 Å². The molecule has 0 aliphatic carbocycles. The van der Waals surface area contributed by atoms with E-state index in [1.807, 2.05) is 0 Å². The van der Waals surface area contributed by atoms with Crippen molar-refractivity contribution in [2.75, 3.05) is 0 Å². The van der Waals surface area contributed by atoms with Gasteiger partial charge in [0, 0.05) is 35.6 Å². The second kappa shape index (κ2) is 3.22. The first-order chi connectivity index (χ1) is 8.33. The fourth-order valence-corrected chi connectivity index (χ4v) is 4.20. The normalized spacial score (nSPS) is 11.8. The van der Waals surface area contributed by atoms with Gasteiger partial charge in [-0.15, -0.1) is 22.7 Å². The van der Waals surface area contributed by atoms with E-state index in [1.165, 1.54) is 20.2 Å². The molecular formula is C14H8OS2. The summed E-state index contributed by atoms with van der Waals surface area (Å²) in [6, 6.07) is 12.7. The van der Waals surface area contributed by atoms with Gasteiger partial charge in [0.1, 0.15) is 5.75 Å². The molecule has 17 heavy (non-hydrogen) atoms. The topological polar surface area (TPSA) is 20.2 Å². The van der Waals surface area contributed by atoms with Crippen LogP contribution in [0.2, 0.25) is 0 Å². The highest BCUT2D eigenvalue weighted by atomic mass is 32.1. The van der Waals surface area contributed by atoms with Crippen molar-refractivity contribution in [3.05, 3.63) is 41.8 Å². The number of fused-ring (bicyclic) bond motifs is 4. The molecule has 0 aliphatic heterocycles. The molecular weight excluding hydrogens is 248 g/mol. The average molecular weight is 256 g/mol. The summed E-state index contributed by atoms with van der Waals surface area (Å²) in [6.45, 7) is 0. The quantitative estimate of drug-likeness (QED) is 0.470. The maximum absolute atomic E-state index is 9.76. The van der Waals surface area contributed by atoms with Crippen molar-refractivity contribution in [1.29, 1.82) is 0 Å². The Morgan fingerprint density at radius 3 is 2.59 bits per heavy atom. The summed E-state index contributed by atoms with van der Waals surface area (Å²) < 4.78 is 3.70. The Labute approximate surface area is 106 Å². The summed E-state index contributed by atoms with van der Waals surface area (Å²) in [6.07, 6.45) is 0. The molecule has 0 aliphatic rings. The highest BCUT2D eigenvalue weighted by Crippen LogP contribution is 2.40. The van der Waals surface area contributed by atoms with Crippen molar-refractivity contribution >= 4 is 52.9 Å². The van der Waals surface area contributed by atoms with Crippen LogP contribution in [0.4, 0.5) is 0 Å². The predicted molar refractivity (Wildman–Crippen MR) is 76.4 cm³/mol. The van der Waals surface area contributed by atoms with Crippen LogP contribution < -0.4 is 0 Å². The minimum atomic E-state index is 0.393. The third-order valence-electron chi connectivity index (χ3n) is 3.05. The Morgan fingerprint density at radius 1 is 0.824 bits per heavy atom. The Hall–Kier alpha value is -1.58. The molecule has 2 aromatic heterocycles. The summed E-state index contributed by atoms with van der Waals surface area (Å²) in [4.78, 5) is 0. The first-order valence-electron chi connectivity index (χ1n) is 5.34. The van der Waals surface area contributed by atoms with Crippen molar-refractivity contribution in [3.63, 3.8) is 0 Å². The Balaban J connectivity index is 2.29. The highest BCUT2D eigenvalue weighted by molar-refractivity contribution is 7.26. The van der Waals surface area contributed by atoms with E-state index in [2.05, 4.69) is 36.4 Å². The van der Waals surface area contributed by atoms with E-state index >= 15 is 0 Å². The minimum Gasteiger partial charge on any atom is -0.506 e. The molecule has 0 atom stereocenters. The van der Waals surface area contributed by atoms with E-state index in [0.29, 0.717) is 5.75 Å². The van der Waals surface area contributed by atoms with Gasteiger partial charge in [-0.25, -0.2) is 0 Å². The molecule has 82 valence electrons. The van der Waals surface area contributed by atoms with Crippen molar-refractivity contribution < 1.29 is 5.11 Å². The second-order valence-corrected chi connectivity index (χ2v) is 6.06. The van der Waals surface area contributed by atoms with Gasteiger partial charge in [-0.3, -0.25) is 0 Å². The highest BCUT2D eigenvalue weighted by Gasteiger charge is 2.09. The smallest absolute Gasteiger partial charge is 0.134 e. The SMILES string of the molecule is Oc1csc2cc3c(cc12)sc1ccccc13. The molecule has 1 N–H and O–H groups in total. The van der Waals surface area contributed by atoms with E-state index in [-0.39, 0.29) is 0 Å². The van der Waals surface area contributed by atoms with Crippen LogP contribution in [0.3, 0.4) is 0 Å². The van der Waals surface area contributed by atoms with E-state index in [1.54, 1.807) is 28.1 Å². The lowest BCUT2D eigenvalue weighted by Gasteiger charge is -1.93. The van der Waals surface area contributed by atoms with Crippen LogP contribution in [0.5, 0.6) is 5.75 Å². The molecule has 3 heteroatoms. The Bertz CT molecular complexity index is 854. The standard InChI is InChI=1S/C14H8OS2/c15-11-7-16-13-5-9-8-3-1-2-4-12(8)17-14(9)6-10(11)13/h1-7,15H. The van der Waals surface area contributed by atoms with E-state index < -0.39 is 0 Å². The minimum absolute atomic E-state index is 0.393. The van der Waals surface area contributed by atoms with Crippen molar-refractivity contribution in [2.24, 2.45) is 0 Å². The lowest BCUT2D eigenvalue weighted by atomic mass is 10.1. The molecule has 0 bridgehead atoms. The Morgan fingerprint density at radius 2 is 1.65 bits per heavy atom. The molecule has 4 rings (SSSR count). The van der Waals surface area contributed by atoms with Gasteiger partial charge in [0.15, 0.2) is 0 Å². The number of hydrogen-bond acceptors (Lipinski definition) is 3. The number of thiophene rings is 2. The van der Waals surface area contributed by atoms with Gasteiger partial charge in [-0.1, -0.05) is 18.2 Å². The number of benzene rings is 2. The first-order valence-corrected chi connectivity index (χ1v) is 7.04. The lowest BCUT2D eigenvalue weighted by molar-refractivity contribution is 0.484. The molecule has 0 fully saturated rings. The van der Waals surface area contributed by atoms with Gasteiger partial charge in [-0.2, -0.15) is 0 Å². The summed E-state index contributed by atoms with van der Waals surface area (Å²) in [5, 5.41) is 15.1.